The normalized spacial score (nSPS) is 14.2. The Morgan fingerprint density at radius 3 is 2.64 bits per heavy atom. The highest BCUT2D eigenvalue weighted by atomic mass is 19.1. The van der Waals surface area contributed by atoms with Crippen molar-refractivity contribution < 1.29 is 19.0 Å². The molecule has 22 heavy (non-hydrogen) atoms. The highest BCUT2D eigenvalue weighted by molar-refractivity contribution is 5.98. The van der Waals surface area contributed by atoms with Crippen molar-refractivity contribution in [2.75, 3.05) is 6.79 Å². The highest BCUT2D eigenvalue weighted by Crippen LogP contribution is 2.35. The van der Waals surface area contributed by atoms with Gasteiger partial charge in [0.1, 0.15) is 17.4 Å². The Bertz CT molecular complexity index is 754. The van der Waals surface area contributed by atoms with Gasteiger partial charge in [0.2, 0.25) is 6.79 Å². The van der Waals surface area contributed by atoms with Crippen LogP contribution in [0.4, 0.5) is 10.1 Å². The number of benzene rings is 2. The van der Waals surface area contributed by atoms with E-state index in [1.165, 1.54) is 30.3 Å². The molecule has 0 bridgehead atoms. The lowest BCUT2D eigenvalue weighted by molar-refractivity contribution is 0.174. The predicted octanol–water partition coefficient (Wildman–Crippen LogP) is 3.14. The molecular weight excluding hydrogens is 287 g/mol. The van der Waals surface area contributed by atoms with Crippen LogP contribution < -0.4 is 15.2 Å². The Balaban J connectivity index is 1.82. The summed E-state index contributed by atoms with van der Waals surface area (Å²) >= 11 is 0. The zero-order chi connectivity index (χ0) is 15.5. The van der Waals surface area contributed by atoms with Crippen molar-refractivity contribution >= 4 is 17.3 Å². The summed E-state index contributed by atoms with van der Waals surface area (Å²) in [7, 11) is 0. The third-order valence-electron chi connectivity index (χ3n) is 3.04. The number of hydrogen-bond acceptors (Lipinski definition) is 4. The zero-order valence-electron chi connectivity index (χ0n) is 11.5. The molecular formula is C16H13FN2O3. The topological polar surface area (TPSA) is 77.1 Å². The van der Waals surface area contributed by atoms with Crippen molar-refractivity contribution in [3.63, 3.8) is 0 Å². The van der Waals surface area contributed by atoms with Crippen molar-refractivity contribution in [1.29, 1.82) is 0 Å². The summed E-state index contributed by atoms with van der Waals surface area (Å²) in [6, 6.07) is 10.6. The predicted molar refractivity (Wildman–Crippen MR) is 80.9 cm³/mol. The molecule has 0 fully saturated rings. The first-order chi connectivity index (χ1) is 10.6. The average molecular weight is 300 g/mol. The van der Waals surface area contributed by atoms with Gasteiger partial charge >= 0.3 is 0 Å². The number of aliphatic imine (C=N–C) groups is 1. The number of nitrogens with two attached hydrogens (primary N) is 1. The highest BCUT2D eigenvalue weighted by Gasteiger charge is 2.12. The molecule has 2 aromatic rings. The maximum Gasteiger partial charge on any atom is 0.231 e. The van der Waals surface area contributed by atoms with E-state index in [1.54, 1.807) is 18.2 Å². The Kier molecular flexibility index (Phi) is 3.65. The number of nitrogens with zero attached hydrogens (tertiary/aromatic N) is 1. The van der Waals surface area contributed by atoms with Gasteiger partial charge in [-0.15, -0.1) is 0 Å². The monoisotopic (exact) mass is 300 g/mol. The summed E-state index contributed by atoms with van der Waals surface area (Å²) < 4.78 is 23.3. The molecule has 1 heterocycles. The van der Waals surface area contributed by atoms with Gasteiger partial charge in [-0.1, -0.05) is 0 Å². The van der Waals surface area contributed by atoms with Gasteiger partial charge in [0, 0.05) is 17.7 Å². The minimum absolute atomic E-state index is 0.0954. The van der Waals surface area contributed by atoms with Gasteiger partial charge in [-0.05, 0) is 36.4 Å². The number of rotatable bonds is 3. The molecule has 3 rings (SSSR count). The maximum absolute atomic E-state index is 12.8. The third-order valence-corrected chi connectivity index (χ3v) is 3.04. The molecule has 0 saturated carbocycles. The fourth-order valence-corrected chi connectivity index (χ4v) is 1.98. The number of aliphatic hydroxyl groups excluding tert-OH is 1. The van der Waals surface area contributed by atoms with Crippen molar-refractivity contribution in [3.8, 4) is 11.5 Å². The molecule has 0 aliphatic carbocycles. The SMILES string of the molecule is NC(/C=C(\O)c1ccc(F)cc1)=Nc1ccc2c(c1)OCO2. The molecule has 3 N–H and O–H groups in total. The van der Waals surface area contributed by atoms with Crippen LogP contribution in [-0.4, -0.2) is 17.7 Å². The molecule has 0 atom stereocenters. The van der Waals surface area contributed by atoms with Crippen molar-refractivity contribution in [1.82, 2.24) is 0 Å². The second-order valence-corrected chi connectivity index (χ2v) is 4.61. The van der Waals surface area contributed by atoms with Gasteiger partial charge in [0.25, 0.3) is 0 Å². The second kappa shape index (κ2) is 5.77. The van der Waals surface area contributed by atoms with Gasteiger partial charge in [-0.3, -0.25) is 0 Å². The Morgan fingerprint density at radius 2 is 1.86 bits per heavy atom. The van der Waals surface area contributed by atoms with E-state index in [2.05, 4.69) is 4.99 Å². The summed E-state index contributed by atoms with van der Waals surface area (Å²) in [5, 5.41) is 9.95. The third kappa shape index (κ3) is 3.01. The van der Waals surface area contributed by atoms with E-state index < -0.39 is 0 Å². The lowest BCUT2D eigenvalue weighted by Crippen LogP contribution is -2.08. The van der Waals surface area contributed by atoms with Gasteiger partial charge < -0.3 is 20.3 Å². The number of halogens is 1. The number of aliphatic hydroxyl groups is 1. The number of amidine groups is 1. The molecule has 0 amide bonds. The van der Waals surface area contributed by atoms with E-state index in [0.717, 1.165) is 0 Å². The fraction of sp³-hybridized carbons (Fsp3) is 0.0625. The second-order valence-electron chi connectivity index (χ2n) is 4.61. The quantitative estimate of drug-likeness (QED) is 0.518. The summed E-state index contributed by atoms with van der Waals surface area (Å²) in [6.07, 6.45) is 1.30. The molecule has 112 valence electrons. The van der Waals surface area contributed by atoms with Crippen LogP contribution in [-0.2, 0) is 0 Å². The summed E-state index contributed by atoms with van der Waals surface area (Å²) in [6.45, 7) is 0.184. The van der Waals surface area contributed by atoms with Crippen molar-refractivity contribution in [2.45, 2.75) is 0 Å². The minimum Gasteiger partial charge on any atom is -0.507 e. The Hall–Kier alpha value is -3.02. The van der Waals surface area contributed by atoms with Crippen LogP contribution in [0.3, 0.4) is 0 Å². The van der Waals surface area contributed by atoms with E-state index in [0.29, 0.717) is 22.7 Å². The first kappa shape index (κ1) is 13.9. The molecule has 0 unspecified atom stereocenters. The van der Waals surface area contributed by atoms with Crippen LogP contribution in [0.25, 0.3) is 5.76 Å². The first-order valence-corrected chi connectivity index (χ1v) is 6.52. The molecule has 0 spiro atoms. The van der Waals surface area contributed by atoms with E-state index in [-0.39, 0.29) is 24.2 Å². The molecule has 0 radical (unpaired) electrons. The number of hydrogen-bond donors (Lipinski definition) is 2. The zero-order valence-corrected chi connectivity index (χ0v) is 11.5. The smallest absolute Gasteiger partial charge is 0.231 e. The summed E-state index contributed by atoms with van der Waals surface area (Å²) in [5.41, 5.74) is 6.81. The molecule has 6 heteroatoms. The van der Waals surface area contributed by atoms with E-state index in [9.17, 15) is 9.50 Å². The van der Waals surface area contributed by atoms with Crippen molar-refractivity contribution in [3.05, 3.63) is 59.9 Å². The van der Waals surface area contributed by atoms with Crippen LogP contribution in [0, 0.1) is 5.82 Å². The van der Waals surface area contributed by atoms with Gasteiger partial charge in [-0.2, -0.15) is 0 Å². The Labute approximate surface area is 126 Å². The summed E-state index contributed by atoms with van der Waals surface area (Å²) in [5.74, 6) is 0.893. The van der Waals surface area contributed by atoms with Crippen LogP contribution >= 0.6 is 0 Å². The van der Waals surface area contributed by atoms with Crippen LogP contribution in [0.5, 0.6) is 11.5 Å². The van der Waals surface area contributed by atoms with Gasteiger partial charge in [-0.25, -0.2) is 9.38 Å². The summed E-state index contributed by atoms with van der Waals surface area (Å²) in [4.78, 5) is 4.17. The van der Waals surface area contributed by atoms with E-state index in [4.69, 9.17) is 15.2 Å². The standard InChI is InChI=1S/C16H13FN2O3/c17-11-3-1-10(2-4-11)13(20)8-16(18)19-12-5-6-14-15(7-12)22-9-21-14/h1-8,20H,9H2,(H2,18,19)/b13-8-. The number of fused-ring (bicyclic) bond motifs is 1. The fourth-order valence-electron chi connectivity index (χ4n) is 1.98. The molecule has 2 aromatic carbocycles. The average Bonchev–Trinajstić information content (AvgIpc) is 2.95. The van der Waals surface area contributed by atoms with Crippen LogP contribution in [0.15, 0.2) is 53.5 Å². The first-order valence-electron chi connectivity index (χ1n) is 6.52. The molecule has 1 aliphatic heterocycles. The van der Waals surface area contributed by atoms with E-state index in [1.807, 2.05) is 0 Å². The minimum atomic E-state index is -0.376. The molecule has 1 aliphatic rings. The molecule has 5 nitrogen and oxygen atoms in total. The van der Waals surface area contributed by atoms with Crippen LogP contribution in [0.2, 0.25) is 0 Å². The Morgan fingerprint density at radius 1 is 1.14 bits per heavy atom. The van der Waals surface area contributed by atoms with Gasteiger partial charge in [0.15, 0.2) is 11.5 Å². The molecule has 0 aromatic heterocycles. The number of ether oxygens (including phenoxy) is 2. The van der Waals surface area contributed by atoms with Gasteiger partial charge in [0.05, 0.1) is 5.69 Å². The van der Waals surface area contributed by atoms with Crippen LogP contribution in [0.1, 0.15) is 5.56 Å². The van der Waals surface area contributed by atoms with Crippen molar-refractivity contribution in [2.24, 2.45) is 10.7 Å². The maximum atomic E-state index is 12.8. The lowest BCUT2D eigenvalue weighted by Gasteiger charge is -2.01. The molecule has 0 saturated heterocycles. The largest absolute Gasteiger partial charge is 0.507 e. The van der Waals surface area contributed by atoms with E-state index >= 15 is 0 Å². The lowest BCUT2D eigenvalue weighted by atomic mass is 10.2.